The predicted molar refractivity (Wildman–Crippen MR) is 117 cm³/mol. The van der Waals surface area contributed by atoms with Crippen LogP contribution in [0.4, 0.5) is 0 Å². The summed E-state index contributed by atoms with van der Waals surface area (Å²) in [4.78, 5) is 20.8. The van der Waals surface area contributed by atoms with Crippen molar-refractivity contribution < 1.29 is 23.9 Å². The number of hydrogen-bond donors (Lipinski definition) is 1. The fourth-order valence-corrected chi connectivity index (χ4v) is 2.89. The second-order valence-electron chi connectivity index (χ2n) is 7.06. The molecule has 1 heterocycles. The van der Waals surface area contributed by atoms with E-state index in [0.717, 1.165) is 29.0 Å². The molecular weight excluding hydrogens is 396 g/mol. The van der Waals surface area contributed by atoms with E-state index in [4.69, 9.17) is 19.1 Å². The zero-order valence-corrected chi connectivity index (χ0v) is 17.7. The number of nitrogens with zero attached hydrogens (tertiary/aromatic N) is 2. The summed E-state index contributed by atoms with van der Waals surface area (Å²) < 4.78 is 11.6. The molecule has 0 saturated heterocycles. The first-order valence-corrected chi connectivity index (χ1v) is 10.2. The van der Waals surface area contributed by atoms with Gasteiger partial charge in [-0.05, 0) is 43.2 Å². The van der Waals surface area contributed by atoms with Gasteiger partial charge in [-0.1, -0.05) is 42.4 Å². The summed E-state index contributed by atoms with van der Waals surface area (Å²) in [5.41, 5.74) is 3.06. The Morgan fingerprint density at radius 2 is 1.87 bits per heavy atom. The third-order valence-electron chi connectivity index (χ3n) is 4.46. The predicted octanol–water partition coefficient (Wildman–Crippen LogP) is 5.03. The summed E-state index contributed by atoms with van der Waals surface area (Å²) in [7, 11) is 0. The number of aromatic nitrogens is 1. The lowest BCUT2D eigenvalue weighted by atomic mass is 10.1. The fourth-order valence-electron chi connectivity index (χ4n) is 2.89. The number of aliphatic carboxylic acids is 1. The second-order valence-corrected chi connectivity index (χ2v) is 7.06. The Kier molecular flexibility index (Phi) is 7.81. The molecule has 31 heavy (non-hydrogen) atoms. The molecule has 7 nitrogen and oxygen atoms in total. The fraction of sp³-hybridized carbons (Fsp3) is 0.292. The first-order chi connectivity index (χ1) is 15.0. The van der Waals surface area contributed by atoms with E-state index in [9.17, 15) is 4.79 Å². The van der Waals surface area contributed by atoms with Gasteiger partial charge in [0.05, 0.1) is 12.1 Å². The van der Waals surface area contributed by atoms with E-state index in [1.54, 1.807) is 0 Å². The summed E-state index contributed by atoms with van der Waals surface area (Å²) in [5.74, 6) is 1.04. The van der Waals surface area contributed by atoms with E-state index >= 15 is 0 Å². The van der Waals surface area contributed by atoms with Crippen molar-refractivity contribution >= 4 is 11.7 Å². The van der Waals surface area contributed by atoms with Gasteiger partial charge in [0.1, 0.15) is 30.4 Å². The van der Waals surface area contributed by atoms with Gasteiger partial charge < -0.3 is 19.1 Å². The third-order valence-corrected chi connectivity index (χ3v) is 4.46. The molecule has 3 aromatic rings. The number of hydrogen-bond acceptors (Lipinski definition) is 6. The van der Waals surface area contributed by atoms with Gasteiger partial charge in [-0.15, -0.1) is 0 Å². The number of carbonyl (C=O) groups is 1. The lowest BCUT2D eigenvalue weighted by molar-refractivity contribution is -0.135. The first-order valence-electron chi connectivity index (χ1n) is 10.2. The third kappa shape index (κ3) is 6.70. The molecule has 0 spiro atoms. The molecule has 1 N–H and O–H groups in total. The summed E-state index contributed by atoms with van der Waals surface area (Å²) in [6, 6.07) is 17.2. The molecule has 0 saturated carbocycles. The second kappa shape index (κ2) is 11.0. The van der Waals surface area contributed by atoms with Crippen LogP contribution < -0.4 is 4.74 Å². The van der Waals surface area contributed by atoms with Crippen LogP contribution in [0.1, 0.15) is 36.8 Å². The average molecular weight is 422 g/mol. The molecule has 162 valence electrons. The van der Waals surface area contributed by atoms with Crippen molar-refractivity contribution in [1.29, 1.82) is 0 Å². The molecule has 0 unspecified atom stereocenters. The topological polar surface area (TPSA) is 94.2 Å². The Morgan fingerprint density at radius 3 is 2.55 bits per heavy atom. The highest BCUT2D eigenvalue weighted by Gasteiger charge is 2.12. The Morgan fingerprint density at radius 1 is 1.13 bits per heavy atom. The largest absolute Gasteiger partial charge is 0.487 e. The summed E-state index contributed by atoms with van der Waals surface area (Å²) in [5, 5.41) is 13.0. The van der Waals surface area contributed by atoms with E-state index in [2.05, 4.69) is 10.1 Å². The maximum Gasteiger partial charge on any atom is 0.309 e. The number of carboxylic acids is 1. The number of ether oxygens (including phenoxy) is 1. The van der Waals surface area contributed by atoms with Gasteiger partial charge in [0.15, 0.2) is 0 Å². The molecule has 0 fully saturated rings. The van der Waals surface area contributed by atoms with E-state index in [0.29, 0.717) is 30.4 Å². The van der Waals surface area contributed by atoms with Crippen LogP contribution in [0.3, 0.4) is 0 Å². The van der Waals surface area contributed by atoms with Crippen molar-refractivity contribution in [3.63, 3.8) is 0 Å². The number of oxazole rings is 1. The van der Waals surface area contributed by atoms with Crippen LogP contribution in [0.25, 0.3) is 11.5 Å². The average Bonchev–Trinajstić information content (AvgIpc) is 3.14. The highest BCUT2D eigenvalue weighted by molar-refractivity contribution is 5.99. The molecule has 0 atom stereocenters. The maximum atomic E-state index is 11.1. The van der Waals surface area contributed by atoms with Crippen LogP contribution in [0.15, 0.2) is 64.2 Å². The van der Waals surface area contributed by atoms with Gasteiger partial charge in [0.2, 0.25) is 5.89 Å². The number of benzene rings is 2. The van der Waals surface area contributed by atoms with Crippen molar-refractivity contribution in [3.8, 4) is 17.2 Å². The molecule has 3 rings (SSSR count). The number of aryl methyl sites for hydroxylation is 1. The molecular formula is C24H26N2O5. The molecule has 7 heteroatoms. The lowest BCUT2D eigenvalue weighted by Crippen LogP contribution is -2.11. The molecule has 0 radical (unpaired) electrons. The van der Waals surface area contributed by atoms with Gasteiger partial charge in [-0.25, -0.2) is 4.98 Å². The quantitative estimate of drug-likeness (QED) is 0.265. The first kappa shape index (κ1) is 22.1. The Bertz CT molecular complexity index is 1010. The van der Waals surface area contributed by atoms with E-state index in [-0.39, 0.29) is 13.0 Å². The molecule has 0 aliphatic carbocycles. The van der Waals surface area contributed by atoms with Crippen molar-refractivity contribution in [1.82, 2.24) is 4.98 Å². The Labute approximate surface area is 181 Å². The molecule has 0 amide bonds. The van der Waals surface area contributed by atoms with Gasteiger partial charge in [0.25, 0.3) is 0 Å². The summed E-state index contributed by atoms with van der Waals surface area (Å²) in [6.45, 7) is 4.58. The highest BCUT2D eigenvalue weighted by atomic mass is 16.6. The monoisotopic (exact) mass is 422 g/mol. The maximum absolute atomic E-state index is 11.1. The standard InChI is InChI=1S/C24H26N2O5/c1-3-13-30-26-20(15-23(27)28)14-18-9-11-21(12-10-18)29-16-22-17(2)31-24(25-22)19-7-5-4-6-8-19/h4-12H,3,13-16H2,1-2H3,(H,27,28)/b26-20-. The normalized spacial score (nSPS) is 11.4. The number of rotatable bonds is 11. The van der Waals surface area contributed by atoms with Crippen molar-refractivity contribution in [3.05, 3.63) is 71.6 Å². The van der Waals surface area contributed by atoms with E-state index in [1.807, 2.05) is 68.4 Å². The van der Waals surface area contributed by atoms with Gasteiger partial charge in [-0.2, -0.15) is 0 Å². The van der Waals surface area contributed by atoms with Crippen molar-refractivity contribution in [2.45, 2.75) is 39.7 Å². The molecule has 1 aromatic heterocycles. The highest BCUT2D eigenvalue weighted by Crippen LogP contribution is 2.23. The zero-order valence-electron chi connectivity index (χ0n) is 17.7. The van der Waals surface area contributed by atoms with Crippen LogP contribution in [0, 0.1) is 6.92 Å². The SMILES string of the molecule is CCCO/N=C(\CC(=O)O)Cc1ccc(OCc2nc(-c3ccccc3)oc2C)cc1. The van der Waals surface area contributed by atoms with Crippen LogP contribution >= 0.6 is 0 Å². The van der Waals surface area contributed by atoms with E-state index in [1.165, 1.54) is 0 Å². The Balaban J connectivity index is 1.60. The summed E-state index contributed by atoms with van der Waals surface area (Å²) in [6.07, 6.45) is 1.06. The Hall–Kier alpha value is -3.61. The molecule has 0 bridgehead atoms. The number of carboxylic acid groups (broad SMARTS) is 1. The van der Waals surface area contributed by atoms with Gasteiger partial charge >= 0.3 is 5.97 Å². The van der Waals surface area contributed by atoms with E-state index < -0.39 is 5.97 Å². The van der Waals surface area contributed by atoms with Crippen molar-refractivity contribution in [2.75, 3.05) is 6.61 Å². The van der Waals surface area contributed by atoms with Crippen molar-refractivity contribution in [2.24, 2.45) is 5.16 Å². The smallest absolute Gasteiger partial charge is 0.309 e. The lowest BCUT2D eigenvalue weighted by Gasteiger charge is -2.07. The van der Waals surface area contributed by atoms with Crippen LogP contribution in [0.2, 0.25) is 0 Å². The molecule has 0 aliphatic rings. The molecule has 2 aromatic carbocycles. The summed E-state index contributed by atoms with van der Waals surface area (Å²) >= 11 is 0. The number of oxime groups is 1. The van der Waals surface area contributed by atoms with Crippen LogP contribution in [-0.4, -0.2) is 28.4 Å². The van der Waals surface area contributed by atoms with Crippen LogP contribution in [0.5, 0.6) is 5.75 Å². The molecule has 0 aliphatic heterocycles. The van der Waals surface area contributed by atoms with Crippen LogP contribution in [-0.2, 0) is 22.7 Å². The minimum atomic E-state index is -0.934. The zero-order chi connectivity index (χ0) is 22.1. The minimum absolute atomic E-state index is 0.156. The van der Waals surface area contributed by atoms with Gasteiger partial charge in [0, 0.05) is 12.0 Å². The minimum Gasteiger partial charge on any atom is -0.487 e. The van der Waals surface area contributed by atoms with Gasteiger partial charge in [-0.3, -0.25) is 4.79 Å².